The molecule has 2 aromatic rings. The maximum Gasteiger partial charge on any atom is 0.331 e. The number of ketones is 1. The smallest absolute Gasteiger partial charge is 0.331 e. The minimum Gasteiger partial charge on any atom is -0.496 e. The summed E-state index contributed by atoms with van der Waals surface area (Å²) in [6.07, 6.45) is 2.66. The first kappa shape index (κ1) is 25.4. The third-order valence-corrected chi connectivity index (χ3v) is 7.16. The molecule has 0 radical (unpaired) electrons. The molecule has 9 nitrogen and oxygen atoms in total. The fraction of sp³-hybridized carbons (Fsp3) is 0.333. The number of carbonyl (C=O) groups excluding carboxylic acids is 2. The van der Waals surface area contributed by atoms with E-state index >= 15 is 0 Å². The number of esters is 1. The summed E-state index contributed by atoms with van der Waals surface area (Å²) in [5, 5.41) is 0. The zero-order chi connectivity index (χ0) is 24.7. The number of hydrogen-bond acceptors (Lipinski definition) is 8. The molecule has 3 rings (SSSR count). The van der Waals surface area contributed by atoms with Crippen LogP contribution in [0.3, 0.4) is 0 Å². The number of nitrogens with zero attached hydrogens (tertiary/aromatic N) is 1. The molecule has 2 aromatic carbocycles. The predicted octanol–water partition coefficient (Wildman–Crippen LogP) is 2.68. The maximum absolute atomic E-state index is 13.1. The average Bonchev–Trinajstić information content (AvgIpc) is 2.86. The van der Waals surface area contributed by atoms with Crippen LogP contribution in [0.1, 0.15) is 28.4 Å². The number of carbonyl (C=O) groups is 2. The van der Waals surface area contributed by atoms with E-state index in [2.05, 4.69) is 0 Å². The number of methoxy groups -OCH3 is 2. The summed E-state index contributed by atoms with van der Waals surface area (Å²) < 4.78 is 48.6. The van der Waals surface area contributed by atoms with Crippen molar-refractivity contribution in [1.82, 2.24) is 4.31 Å². The lowest BCUT2D eigenvalue weighted by atomic mass is 10.1. The molecule has 1 fully saturated rings. The SMILES string of the molecule is COc1ccc(C(C)=O)cc1COC(=O)C=Cc1ccc(OC)c(S(=O)(=O)N2CCOCC2)c1. The molecule has 0 bridgehead atoms. The number of hydrogen-bond donors (Lipinski definition) is 0. The molecule has 0 atom stereocenters. The predicted molar refractivity (Wildman–Crippen MR) is 124 cm³/mol. The number of benzene rings is 2. The Morgan fingerprint density at radius 1 is 1.03 bits per heavy atom. The van der Waals surface area contributed by atoms with Crippen LogP contribution in [-0.4, -0.2) is 65.0 Å². The van der Waals surface area contributed by atoms with Gasteiger partial charge in [-0.1, -0.05) is 6.07 Å². The van der Waals surface area contributed by atoms with Crippen LogP contribution in [0.4, 0.5) is 0 Å². The molecule has 0 unspecified atom stereocenters. The van der Waals surface area contributed by atoms with Gasteiger partial charge in [0.05, 0.1) is 27.4 Å². The highest BCUT2D eigenvalue weighted by Gasteiger charge is 2.29. The second kappa shape index (κ2) is 11.3. The Kier molecular flexibility index (Phi) is 8.43. The first-order valence-electron chi connectivity index (χ1n) is 10.5. The van der Waals surface area contributed by atoms with Gasteiger partial charge >= 0.3 is 5.97 Å². The molecule has 1 aliphatic heterocycles. The van der Waals surface area contributed by atoms with E-state index in [0.29, 0.717) is 35.7 Å². The van der Waals surface area contributed by atoms with E-state index in [1.54, 1.807) is 24.3 Å². The van der Waals surface area contributed by atoms with Gasteiger partial charge in [0, 0.05) is 30.3 Å². The number of ether oxygens (including phenoxy) is 4. The fourth-order valence-corrected chi connectivity index (χ4v) is 4.99. The van der Waals surface area contributed by atoms with Crippen molar-refractivity contribution in [3.8, 4) is 11.5 Å². The Morgan fingerprint density at radius 2 is 1.71 bits per heavy atom. The molecule has 1 saturated heterocycles. The van der Waals surface area contributed by atoms with Gasteiger partial charge in [-0.15, -0.1) is 0 Å². The van der Waals surface area contributed by atoms with E-state index in [1.165, 1.54) is 49.7 Å². The van der Waals surface area contributed by atoms with Crippen LogP contribution in [0.2, 0.25) is 0 Å². The van der Waals surface area contributed by atoms with Crippen LogP contribution in [0, 0.1) is 0 Å². The molecule has 0 amide bonds. The van der Waals surface area contributed by atoms with Crippen molar-refractivity contribution in [3.63, 3.8) is 0 Å². The molecule has 1 heterocycles. The zero-order valence-electron chi connectivity index (χ0n) is 19.3. The van der Waals surface area contributed by atoms with Gasteiger partial charge in [0.1, 0.15) is 23.0 Å². The van der Waals surface area contributed by atoms with Gasteiger partial charge in [-0.05, 0) is 48.9 Å². The van der Waals surface area contributed by atoms with E-state index < -0.39 is 16.0 Å². The molecule has 0 saturated carbocycles. The van der Waals surface area contributed by atoms with Crippen molar-refractivity contribution in [2.24, 2.45) is 0 Å². The van der Waals surface area contributed by atoms with Crippen LogP contribution in [0.15, 0.2) is 47.4 Å². The number of sulfonamides is 1. The normalized spacial score (nSPS) is 14.7. The number of Topliss-reactive ketones (excluding diaryl/α,β-unsaturated/α-hetero) is 1. The minimum absolute atomic E-state index is 0.0122. The highest BCUT2D eigenvalue weighted by molar-refractivity contribution is 7.89. The van der Waals surface area contributed by atoms with Gasteiger partial charge in [-0.2, -0.15) is 4.31 Å². The summed E-state index contributed by atoms with van der Waals surface area (Å²) in [5.74, 6) is -0.0419. The lowest BCUT2D eigenvalue weighted by molar-refractivity contribution is -0.138. The summed E-state index contributed by atoms with van der Waals surface area (Å²) in [5.41, 5.74) is 1.52. The Morgan fingerprint density at radius 3 is 2.35 bits per heavy atom. The van der Waals surface area contributed by atoms with Gasteiger partial charge < -0.3 is 18.9 Å². The molecule has 182 valence electrons. The van der Waals surface area contributed by atoms with Gasteiger partial charge in [-0.3, -0.25) is 4.79 Å². The topological polar surface area (TPSA) is 108 Å². The molecule has 10 heteroatoms. The largest absolute Gasteiger partial charge is 0.496 e. The number of morpholine rings is 1. The highest BCUT2D eigenvalue weighted by Crippen LogP contribution is 2.29. The molecular weight excluding hydrogens is 462 g/mol. The Bertz CT molecular complexity index is 1180. The van der Waals surface area contributed by atoms with Crippen LogP contribution in [-0.2, 0) is 30.9 Å². The second-order valence-corrected chi connectivity index (χ2v) is 9.36. The van der Waals surface area contributed by atoms with Crippen LogP contribution >= 0.6 is 0 Å². The second-order valence-electron chi connectivity index (χ2n) is 7.45. The quantitative estimate of drug-likeness (QED) is 0.301. The molecule has 34 heavy (non-hydrogen) atoms. The lowest BCUT2D eigenvalue weighted by Gasteiger charge is -2.26. The van der Waals surface area contributed by atoms with Crippen molar-refractivity contribution >= 4 is 27.9 Å². The van der Waals surface area contributed by atoms with Crippen LogP contribution < -0.4 is 9.47 Å². The van der Waals surface area contributed by atoms with E-state index in [1.807, 2.05) is 0 Å². The Hall–Kier alpha value is -3.21. The molecular formula is C24H27NO8S. The van der Waals surface area contributed by atoms with Crippen LogP contribution in [0.5, 0.6) is 11.5 Å². The summed E-state index contributed by atoms with van der Waals surface area (Å²) in [4.78, 5) is 23.9. The van der Waals surface area contributed by atoms with E-state index in [-0.39, 0.29) is 36.1 Å². The average molecular weight is 490 g/mol. The monoisotopic (exact) mass is 489 g/mol. The summed E-state index contributed by atoms with van der Waals surface area (Å²) in [7, 11) is -0.909. The zero-order valence-corrected chi connectivity index (χ0v) is 20.1. The van der Waals surface area contributed by atoms with Gasteiger partial charge in [0.25, 0.3) is 0 Å². The van der Waals surface area contributed by atoms with Crippen molar-refractivity contribution in [2.75, 3.05) is 40.5 Å². The molecule has 0 spiro atoms. The van der Waals surface area contributed by atoms with Crippen molar-refractivity contribution in [1.29, 1.82) is 0 Å². The standard InChI is InChI=1S/C24H27NO8S/c1-17(26)19-6-8-21(30-2)20(15-19)16-33-24(27)9-5-18-4-7-22(31-3)23(14-18)34(28,29)25-10-12-32-13-11-25/h4-9,14-15H,10-13,16H2,1-3H3. The van der Waals surface area contributed by atoms with Gasteiger partial charge in [0.2, 0.25) is 10.0 Å². The summed E-state index contributed by atoms with van der Waals surface area (Å²) in [6, 6.07) is 9.52. The van der Waals surface area contributed by atoms with E-state index in [9.17, 15) is 18.0 Å². The third kappa shape index (κ3) is 6.02. The first-order chi connectivity index (χ1) is 16.3. The number of rotatable bonds is 9. The summed E-state index contributed by atoms with van der Waals surface area (Å²) >= 11 is 0. The lowest BCUT2D eigenvalue weighted by Crippen LogP contribution is -2.40. The van der Waals surface area contributed by atoms with Crippen LogP contribution in [0.25, 0.3) is 6.08 Å². The van der Waals surface area contributed by atoms with Gasteiger partial charge in [0.15, 0.2) is 5.78 Å². The van der Waals surface area contributed by atoms with Crippen molar-refractivity contribution in [2.45, 2.75) is 18.4 Å². The Labute approximate surface area is 198 Å². The third-order valence-electron chi connectivity index (χ3n) is 5.24. The van der Waals surface area contributed by atoms with E-state index in [4.69, 9.17) is 18.9 Å². The maximum atomic E-state index is 13.1. The molecule has 0 aliphatic carbocycles. The van der Waals surface area contributed by atoms with E-state index in [0.717, 1.165) is 0 Å². The molecule has 1 aliphatic rings. The van der Waals surface area contributed by atoms with Crippen molar-refractivity contribution < 1.29 is 37.0 Å². The molecule has 0 N–H and O–H groups in total. The minimum atomic E-state index is -3.79. The molecule has 0 aromatic heterocycles. The van der Waals surface area contributed by atoms with Gasteiger partial charge in [-0.25, -0.2) is 13.2 Å². The van der Waals surface area contributed by atoms with Crippen molar-refractivity contribution in [3.05, 3.63) is 59.2 Å². The summed E-state index contributed by atoms with van der Waals surface area (Å²) in [6.45, 7) is 2.52. The first-order valence-corrected chi connectivity index (χ1v) is 12.0. The Balaban J connectivity index is 1.74. The fourth-order valence-electron chi connectivity index (χ4n) is 3.40. The highest BCUT2D eigenvalue weighted by atomic mass is 32.2.